The van der Waals surface area contributed by atoms with Crippen LogP contribution in [0.4, 0.5) is 5.69 Å². The number of thiophene rings is 1. The maximum atomic E-state index is 12.6. The van der Waals surface area contributed by atoms with Crippen molar-refractivity contribution in [2.45, 2.75) is 26.8 Å². The summed E-state index contributed by atoms with van der Waals surface area (Å²) in [4.78, 5) is 30.8. The Morgan fingerprint density at radius 3 is 2.92 bits per heavy atom. The zero-order valence-electron chi connectivity index (χ0n) is 13.3. The van der Waals surface area contributed by atoms with Gasteiger partial charge in [0, 0.05) is 28.0 Å². The number of nitrogens with one attached hydrogen (secondary N) is 1. The smallest absolute Gasteiger partial charge is 0.262 e. The zero-order chi connectivity index (χ0) is 17.3. The van der Waals surface area contributed by atoms with E-state index in [9.17, 15) is 9.59 Å². The Morgan fingerprint density at radius 1 is 1.38 bits per heavy atom. The topological polar surface area (TPSA) is 64.0 Å². The van der Waals surface area contributed by atoms with Gasteiger partial charge in [-0.1, -0.05) is 22.0 Å². The Bertz CT molecular complexity index is 978. The van der Waals surface area contributed by atoms with E-state index >= 15 is 0 Å². The minimum atomic E-state index is -0.140. The molecule has 0 aliphatic rings. The van der Waals surface area contributed by atoms with Crippen LogP contribution in [0.25, 0.3) is 10.2 Å². The number of aryl methyl sites for hydroxylation is 3. The third-order valence-electron chi connectivity index (χ3n) is 3.84. The van der Waals surface area contributed by atoms with Crippen molar-refractivity contribution in [3.63, 3.8) is 0 Å². The maximum Gasteiger partial charge on any atom is 0.262 e. The Balaban J connectivity index is 1.74. The average molecular weight is 406 g/mol. The first-order chi connectivity index (χ1) is 11.5. The number of benzene rings is 1. The van der Waals surface area contributed by atoms with Gasteiger partial charge in [0.05, 0.1) is 11.7 Å². The summed E-state index contributed by atoms with van der Waals surface area (Å²) >= 11 is 4.89. The number of nitrogens with zero attached hydrogens (tertiary/aromatic N) is 2. The number of carbonyl (C=O) groups excluding carboxylic acids is 1. The molecule has 0 bridgehead atoms. The van der Waals surface area contributed by atoms with Gasteiger partial charge in [0.2, 0.25) is 5.91 Å². The number of halogens is 1. The van der Waals surface area contributed by atoms with Crippen molar-refractivity contribution in [2.24, 2.45) is 0 Å². The molecule has 0 radical (unpaired) electrons. The van der Waals surface area contributed by atoms with Crippen molar-refractivity contribution in [2.75, 3.05) is 5.32 Å². The molecule has 1 aromatic carbocycles. The maximum absolute atomic E-state index is 12.6. The van der Waals surface area contributed by atoms with Crippen LogP contribution in [-0.2, 0) is 11.3 Å². The molecule has 1 amide bonds. The van der Waals surface area contributed by atoms with Crippen LogP contribution in [0.1, 0.15) is 16.9 Å². The molecule has 124 valence electrons. The van der Waals surface area contributed by atoms with Gasteiger partial charge in [0.25, 0.3) is 5.56 Å². The molecule has 0 unspecified atom stereocenters. The third-order valence-corrected chi connectivity index (χ3v) is 5.45. The predicted molar refractivity (Wildman–Crippen MR) is 101 cm³/mol. The van der Waals surface area contributed by atoms with Crippen LogP contribution in [0, 0.1) is 13.8 Å². The van der Waals surface area contributed by atoms with Crippen molar-refractivity contribution >= 4 is 49.1 Å². The molecule has 0 spiro atoms. The zero-order valence-corrected chi connectivity index (χ0v) is 15.7. The second-order valence-electron chi connectivity index (χ2n) is 5.52. The van der Waals surface area contributed by atoms with E-state index in [1.165, 1.54) is 22.2 Å². The Kier molecular flexibility index (Phi) is 4.82. The molecule has 0 saturated carbocycles. The van der Waals surface area contributed by atoms with Crippen LogP contribution in [-0.4, -0.2) is 15.5 Å². The van der Waals surface area contributed by atoms with Gasteiger partial charge < -0.3 is 5.32 Å². The molecular formula is C17H16BrN3O2S. The molecule has 0 saturated heterocycles. The lowest BCUT2D eigenvalue weighted by atomic mass is 10.2. The summed E-state index contributed by atoms with van der Waals surface area (Å²) in [6, 6.07) is 7.39. The molecule has 2 heterocycles. The fraction of sp³-hybridized carbons (Fsp3) is 0.235. The average Bonchev–Trinajstić information content (AvgIpc) is 2.82. The first-order valence-electron chi connectivity index (χ1n) is 7.46. The SMILES string of the molecule is Cc1sc2ncn(CCC(=O)Nc3cccc(Br)c3)c(=O)c2c1C. The molecule has 3 aromatic rings. The summed E-state index contributed by atoms with van der Waals surface area (Å²) in [6.45, 7) is 4.22. The summed E-state index contributed by atoms with van der Waals surface area (Å²) in [7, 11) is 0. The third kappa shape index (κ3) is 3.42. The molecule has 3 rings (SSSR count). The van der Waals surface area contributed by atoms with Crippen LogP contribution in [0.5, 0.6) is 0 Å². The number of carbonyl (C=O) groups is 1. The molecule has 5 nitrogen and oxygen atoms in total. The number of rotatable bonds is 4. The summed E-state index contributed by atoms with van der Waals surface area (Å²) < 4.78 is 2.40. The van der Waals surface area contributed by atoms with Crippen LogP contribution >= 0.6 is 27.3 Å². The Hall–Kier alpha value is -1.99. The second kappa shape index (κ2) is 6.86. The van der Waals surface area contributed by atoms with Crippen molar-refractivity contribution in [1.82, 2.24) is 9.55 Å². The van der Waals surface area contributed by atoms with Gasteiger partial charge in [0.1, 0.15) is 4.83 Å². The van der Waals surface area contributed by atoms with Crippen LogP contribution in [0.15, 0.2) is 39.9 Å². The predicted octanol–water partition coefficient (Wildman–Crippen LogP) is 3.87. The number of fused-ring (bicyclic) bond motifs is 1. The van der Waals surface area contributed by atoms with Gasteiger partial charge in [-0.05, 0) is 37.6 Å². The lowest BCUT2D eigenvalue weighted by molar-refractivity contribution is -0.116. The molecule has 0 atom stereocenters. The van der Waals surface area contributed by atoms with E-state index in [-0.39, 0.29) is 17.9 Å². The van der Waals surface area contributed by atoms with Gasteiger partial charge in [-0.15, -0.1) is 11.3 Å². The minimum absolute atomic E-state index is 0.0860. The molecule has 1 N–H and O–H groups in total. The van der Waals surface area contributed by atoms with Crippen molar-refractivity contribution in [3.8, 4) is 0 Å². The van der Waals surface area contributed by atoms with Crippen molar-refractivity contribution in [1.29, 1.82) is 0 Å². The summed E-state index contributed by atoms with van der Waals surface area (Å²) in [6.07, 6.45) is 1.73. The molecule has 0 fully saturated rings. The van der Waals surface area contributed by atoms with Crippen LogP contribution in [0.2, 0.25) is 0 Å². The van der Waals surface area contributed by atoms with Gasteiger partial charge in [-0.25, -0.2) is 4.98 Å². The van der Waals surface area contributed by atoms with E-state index in [1.54, 1.807) is 0 Å². The Morgan fingerprint density at radius 2 is 2.17 bits per heavy atom. The molecule has 7 heteroatoms. The number of anilines is 1. The van der Waals surface area contributed by atoms with E-state index in [4.69, 9.17) is 0 Å². The fourth-order valence-corrected chi connectivity index (χ4v) is 3.83. The van der Waals surface area contributed by atoms with Gasteiger partial charge >= 0.3 is 0 Å². The highest BCUT2D eigenvalue weighted by Crippen LogP contribution is 2.25. The number of amides is 1. The first kappa shape index (κ1) is 16.9. The van der Waals surface area contributed by atoms with E-state index in [0.29, 0.717) is 11.9 Å². The quantitative estimate of drug-likeness (QED) is 0.716. The number of hydrogen-bond acceptors (Lipinski definition) is 4. The van der Waals surface area contributed by atoms with E-state index in [0.717, 1.165) is 25.4 Å². The van der Waals surface area contributed by atoms with Gasteiger partial charge in [0.15, 0.2) is 0 Å². The highest BCUT2D eigenvalue weighted by molar-refractivity contribution is 9.10. The fourth-order valence-electron chi connectivity index (χ4n) is 2.44. The summed E-state index contributed by atoms with van der Waals surface area (Å²) in [5.41, 5.74) is 1.61. The van der Waals surface area contributed by atoms with Crippen molar-refractivity contribution < 1.29 is 4.79 Å². The highest BCUT2D eigenvalue weighted by atomic mass is 79.9. The first-order valence-corrected chi connectivity index (χ1v) is 9.07. The lowest BCUT2D eigenvalue weighted by Gasteiger charge is -2.07. The highest BCUT2D eigenvalue weighted by Gasteiger charge is 2.12. The normalized spacial score (nSPS) is 11.0. The van der Waals surface area contributed by atoms with E-state index in [1.807, 2.05) is 38.1 Å². The molecule has 0 aliphatic heterocycles. The van der Waals surface area contributed by atoms with Crippen LogP contribution in [0.3, 0.4) is 0 Å². The van der Waals surface area contributed by atoms with Gasteiger partial charge in [-0.3, -0.25) is 14.2 Å². The van der Waals surface area contributed by atoms with Crippen molar-refractivity contribution in [3.05, 3.63) is 55.9 Å². The van der Waals surface area contributed by atoms with E-state index in [2.05, 4.69) is 26.2 Å². The minimum Gasteiger partial charge on any atom is -0.326 e. The summed E-state index contributed by atoms with van der Waals surface area (Å²) in [5, 5.41) is 3.48. The second-order valence-corrected chi connectivity index (χ2v) is 7.63. The Labute approximate surface area is 151 Å². The van der Waals surface area contributed by atoms with E-state index < -0.39 is 0 Å². The molecule has 0 aliphatic carbocycles. The standard InChI is InChI=1S/C17H16BrN3O2S/c1-10-11(2)24-16-15(10)17(23)21(9-19-16)7-6-14(22)20-13-5-3-4-12(18)8-13/h3-5,8-9H,6-7H2,1-2H3,(H,20,22). The van der Waals surface area contributed by atoms with Crippen LogP contribution < -0.4 is 10.9 Å². The molecular weight excluding hydrogens is 390 g/mol. The largest absolute Gasteiger partial charge is 0.326 e. The monoisotopic (exact) mass is 405 g/mol. The summed E-state index contributed by atoms with van der Waals surface area (Å²) in [5.74, 6) is -0.140. The lowest BCUT2D eigenvalue weighted by Crippen LogP contribution is -2.23. The molecule has 2 aromatic heterocycles. The molecule has 24 heavy (non-hydrogen) atoms. The number of hydrogen-bond donors (Lipinski definition) is 1. The van der Waals surface area contributed by atoms with Gasteiger partial charge in [-0.2, -0.15) is 0 Å². The number of aromatic nitrogens is 2.